The standard InChI is InChI=1S/C20H17N3O3S/c24-20(19-22-17-8-4-5-9-18(17)27(25,26)23-19)21-16-12-10-15(11-13-16)14-6-2-1-3-7-14/h1-13,19,22-23H,(H,21,24)/t19-/m0/s1. The lowest BCUT2D eigenvalue weighted by atomic mass is 10.1. The molecule has 1 aliphatic heterocycles. The molecule has 3 aromatic rings. The normalized spacial score (nSPS) is 17.4. The molecule has 0 unspecified atom stereocenters. The minimum atomic E-state index is -3.74. The molecule has 0 fully saturated rings. The van der Waals surface area contributed by atoms with Gasteiger partial charge in [0.25, 0.3) is 5.91 Å². The SMILES string of the molecule is O=C(Nc1ccc(-c2ccccc2)cc1)[C@H]1Nc2ccccc2S(=O)(=O)N1. The quantitative estimate of drug-likeness (QED) is 0.653. The summed E-state index contributed by atoms with van der Waals surface area (Å²) in [5.74, 6) is -0.486. The van der Waals surface area contributed by atoms with Crippen LogP contribution in [-0.4, -0.2) is 20.5 Å². The molecule has 0 saturated carbocycles. The van der Waals surface area contributed by atoms with Gasteiger partial charge in [-0.15, -0.1) is 0 Å². The van der Waals surface area contributed by atoms with Crippen LogP contribution in [0, 0.1) is 0 Å². The number of para-hydroxylation sites is 1. The molecule has 3 N–H and O–H groups in total. The number of nitrogens with one attached hydrogen (secondary N) is 3. The van der Waals surface area contributed by atoms with Gasteiger partial charge in [0.2, 0.25) is 10.0 Å². The van der Waals surface area contributed by atoms with Gasteiger partial charge in [-0.3, -0.25) is 4.79 Å². The first kappa shape index (κ1) is 17.3. The van der Waals surface area contributed by atoms with Gasteiger partial charge in [-0.05, 0) is 35.4 Å². The molecule has 3 aromatic carbocycles. The molecular weight excluding hydrogens is 362 g/mol. The van der Waals surface area contributed by atoms with E-state index in [4.69, 9.17) is 0 Å². The van der Waals surface area contributed by atoms with E-state index in [1.807, 2.05) is 42.5 Å². The highest BCUT2D eigenvalue weighted by Crippen LogP contribution is 2.26. The summed E-state index contributed by atoms with van der Waals surface area (Å²) in [6.45, 7) is 0. The van der Waals surface area contributed by atoms with Crippen molar-refractivity contribution in [3.63, 3.8) is 0 Å². The highest BCUT2D eigenvalue weighted by atomic mass is 32.2. The fourth-order valence-electron chi connectivity index (χ4n) is 2.93. The molecule has 27 heavy (non-hydrogen) atoms. The first-order chi connectivity index (χ1) is 13.0. The average molecular weight is 379 g/mol. The molecule has 0 spiro atoms. The Morgan fingerprint density at radius 1 is 0.815 bits per heavy atom. The fourth-order valence-corrected chi connectivity index (χ4v) is 4.21. The lowest BCUT2D eigenvalue weighted by Crippen LogP contribution is -2.51. The van der Waals surface area contributed by atoms with E-state index in [9.17, 15) is 13.2 Å². The predicted octanol–water partition coefficient (Wildman–Crippen LogP) is 3.02. The number of amides is 1. The van der Waals surface area contributed by atoms with Gasteiger partial charge in [-0.25, -0.2) is 8.42 Å². The Kier molecular flexibility index (Phi) is 4.39. The van der Waals surface area contributed by atoms with Gasteiger partial charge >= 0.3 is 0 Å². The van der Waals surface area contributed by atoms with E-state index in [1.54, 1.807) is 30.3 Å². The van der Waals surface area contributed by atoms with E-state index in [0.717, 1.165) is 11.1 Å². The summed E-state index contributed by atoms with van der Waals surface area (Å²) in [7, 11) is -3.74. The smallest absolute Gasteiger partial charge is 0.262 e. The van der Waals surface area contributed by atoms with Crippen LogP contribution in [0.25, 0.3) is 11.1 Å². The monoisotopic (exact) mass is 379 g/mol. The van der Waals surface area contributed by atoms with E-state index in [2.05, 4.69) is 15.4 Å². The molecule has 136 valence electrons. The Balaban J connectivity index is 1.50. The van der Waals surface area contributed by atoms with Crippen LogP contribution in [0.1, 0.15) is 0 Å². The number of carbonyl (C=O) groups is 1. The van der Waals surface area contributed by atoms with Crippen LogP contribution >= 0.6 is 0 Å². The van der Waals surface area contributed by atoms with Gasteiger partial charge < -0.3 is 10.6 Å². The first-order valence-corrected chi connectivity index (χ1v) is 9.85. The summed E-state index contributed by atoms with van der Waals surface area (Å²) in [5.41, 5.74) is 3.09. The fraction of sp³-hybridized carbons (Fsp3) is 0.0500. The number of anilines is 2. The van der Waals surface area contributed by atoms with Gasteiger partial charge in [-0.1, -0.05) is 54.6 Å². The molecular formula is C20H17N3O3S. The number of fused-ring (bicyclic) bond motifs is 1. The van der Waals surface area contributed by atoms with Crippen molar-refractivity contribution in [2.75, 3.05) is 10.6 Å². The maximum Gasteiger partial charge on any atom is 0.262 e. The van der Waals surface area contributed by atoms with Gasteiger partial charge in [0, 0.05) is 5.69 Å². The molecule has 1 heterocycles. The predicted molar refractivity (Wildman–Crippen MR) is 105 cm³/mol. The Morgan fingerprint density at radius 3 is 2.19 bits per heavy atom. The van der Waals surface area contributed by atoms with Crippen LogP contribution < -0.4 is 15.4 Å². The number of sulfonamides is 1. The second-order valence-electron chi connectivity index (χ2n) is 6.13. The summed E-state index contributed by atoms with van der Waals surface area (Å²) >= 11 is 0. The topological polar surface area (TPSA) is 87.3 Å². The number of rotatable bonds is 3. The van der Waals surface area contributed by atoms with Crippen molar-refractivity contribution in [2.45, 2.75) is 11.1 Å². The lowest BCUT2D eigenvalue weighted by molar-refractivity contribution is -0.117. The van der Waals surface area contributed by atoms with Gasteiger partial charge in [0.05, 0.1) is 5.69 Å². The van der Waals surface area contributed by atoms with E-state index in [-0.39, 0.29) is 4.90 Å². The van der Waals surface area contributed by atoms with Crippen molar-refractivity contribution in [2.24, 2.45) is 0 Å². The average Bonchev–Trinajstić information content (AvgIpc) is 2.69. The molecule has 7 heteroatoms. The number of carbonyl (C=O) groups excluding carboxylic acids is 1. The van der Waals surface area contributed by atoms with Crippen LogP contribution in [0.3, 0.4) is 0 Å². The molecule has 0 radical (unpaired) electrons. The molecule has 4 rings (SSSR count). The van der Waals surface area contributed by atoms with Crippen LogP contribution in [0.15, 0.2) is 83.8 Å². The Hall–Kier alpha value is -3.16. The van der Waals surface area contributed by atoms with Crippen molar-refractivity contribution >= 4 is 27.3 Å². The molecule has 0 aliphatic carbocycles. The van der Waals surface area contributed by atoms with E-state index < -0.39 is 22.1 Å². The lowest BCUT2D eigenvalue weighted by Gasteiger charge is -2.27. The molecule has 0 aromatic heterocycles. The molecule has 1 aliphatic rings. The minimum Gasteiger partial charge on any atom is -0.360 e. The van der Waals surface area contributed by atoms with Gasteiger partial charge in [0.15, 0.2) is 6.17 Å². The summed E-state index contributed by atoms with van der Waals surface area (Å²) in [5, 5.41) is 5.64. The third-order valence-electron chi connectivity index (χ3n) is 4.27. The summed E-state index contributed by atoms with van der Waals surface area (Å²) < 4.78 is 27.0. The maximum absolute atomic E-state index is 12.5. The van der Waals surface area contributed by atoms with Gasteiger partial charge in [0.1, 0.15) is 4.90 Å². The molecule has 0 bridgehead atoms. The van der Waals surface area contributed by atoms with Crippen molar-refractivity contribution in [3.05, 3.63) is 78.9 Å². The molecule has 1 atom stereocenters. The Morgan fingerprint density at radius 2 is 1.44 bits per heavy atom. The van der Waals surface area contributed by atoms with Crippen LogP contribution in [0.2, 0.25) is 0 Å². The van der Waals surface area contributed by atoms with Gasteiger partial charge in [-0.2, -0.15) is 4.72 Å². The second kappa shape index (κ2) is 6.86. The summed E-state index contributed by atoms with van der Waals surface area (Å²) in [4.78, 5) is 12.6. The third kappa shape index (κ3) is 3.55. The Bertz CT molecular complexity index is 1080. The zero-order valence-corrected chi connectivity index (χ0v) is 15.0. The number of hydrogen-bond acceptors (Lipinski definition) is 4. The van der Waals surface area contributed by atoms with Crippen molar-refractivity contribution in [1.82, 2.24) is 4.72 Å². The van der Waals surface area contributed by atoms with Crippen LogP contribution in [0.4, 0.5) is 11.4 Å². The van der Waals surface area contributed by atoms with Crippen LogP contribution in [0.5, 0.6) is 0 Å². The Labute approximate surface area is 157 Å². The molecule has 6 nitrogen and oxygen atoms in total. The first-order valence-electron chi connectivity index (χ1n) is 8.37. The van der Waals surface area contributed by atoms with Crippen molar-refractivity contribution in [1.29, 1.82) is 0 Å². The summed E-state index contributed by atoms with van der Waals surface area (Å²) in [6.07, 6.45) is -1.08. The zero-order valence-electron chi connectivity index (χ0n) is 14.2. The largest absolute Gasteiger partial charge is 0.360 e. The van der Waals surface area contributed by atoms with E-state index in [1.165, 1.54) is 6.07 Å². The minimum absolute atomic E-state index is 0.126. The third-order valence-corrected chi connectivity index (χ3v) is 5.75. The molecule has 0 saturated heterocycles. The highest BCUT2D eigenvalue weighted by molar-refractivity contribution is 7.89. The second-order valence-corrected chi connectivity index (χ2v) is 7.81. The van der Waals surface area contributed by atoms with Crippen LogP contribution in [-0.2, 0) is 14.8 Å². The van der Waals surface area contributed by atoms with E-state index in [0.29, 0.717) is 11.4 Å². The molecule has 1 amide bonds. The van der Waals surface area contributed by atoms with E-state index >= 15 is 0 Å². The summed E-state index contributed by atoms with van der Waals surface area (Å²) in [6, 6.07) is 23.7. The number of hydrogen-bond donors (Lipinski definition) is 3. The highest BCUT2D eigenvalue weighted by Gasteiger charge is 2.32. The zero-order chi connectivity index (χ0) is 18.9. The van der Waals surface area contributed by atoms with Crippen molar-refractivity contribution < 1.29 is 13.2 Å². The maximum atomic E-state index is 12.5. The van der Waals surface area contributed by atoms with Crippen molar-refractivity contribution in [3.8, 4) is 11.1 Å². The number of benzene rings is 3.